The van der Waals surface area contributed by atoms with Gasteiger partial charge in [0.2, 0.25) is 11.5 Å². The molecule has 4 aromatic rings. The van der Waals surface area contributed by atoms with Crippen molar-refractivity contribution >= 4 is 34.2 Å². The number of ether oxygens (including phenoxy) is 1. The number of carbonyl (C=O) groups is 2. The second-order valence-electron chi connectivity index (χ2n) is 11.5. The van der Waals surface area contributed by atoms with Crippen molar-refractivity contribution in [1.29, 1.82) is 0 Å². The van der Waals surface area contributed by atoms with Crippen LogP contribution in [0.4, 0.5) is 11.4 Å². The Morgan fingerprint density at radius 2 is 1.70 bits per heavy atom. The zero-order chi connectivity index (χ0) is 30.6. The van der Waals surface area contributed by atoms with Crippen LogP contribution in [0.25, 0.3) is 10.9 Å². The van der Waals surface area contributed by atoms with E-state index in [4.69, 9.17) is 9.72 Å². The van der Waals surface area contributed by atoms with E-state index in [1.165, 1.54) is 19.8 Å². The predicted octanol–water partition coefficient (Wildman–Crippen LogP) is 7.97. The smallest absolute Gasteiger partial charge is 0.341 e. The highest BCUT2D eigenvalue weighted by Gasteiger charge is 2.53. The topological polar surface area (TPSA) is 76.5 Å². The van der Waals surface area contributed by atoms with Crippen LogP contribution in [0.5, 0.6) is 0 Å². The van der Waals surface area contributed by atoms with Crippen LogP contribution in [-0.4, -0.2) is 34.5 Å². The minimum atomic E-state index is -1.34. The first-order valence-electron chi connectivity index (χ1n) is 15.8. The number of nitrogens with zero attached hydrogens (tertiary/aromatic N) is 3. The molecule has 1 aliphatic heterocycles. The van der Waals surface area contributed by atoms with E-state index in [2.05, 4.69) is 66.7 Å². The molecule has 3 heterocycles. The number of rotatable bonds is 13. The SMILES string of the molecule is CCCCCN(CCCCC)c1ccc(C2(c3c(C)n(CC)c4ccccc34)OC(=O)c3cccnc32)c(NC(C)=O)c1. The molecule has 1 unspecified atom stereocenters. The Morgan fingerprint density at radius 1 is 0.977 bits per heavy atom. The lowest BCUT2D eigenvalue weighted by molar-refractivity contribution is -0.114. The summed E-state index contributed by atoms with van der Waals surface area (Å²) in [5.41, 5.74) is 4.94. The fourth-order valence-corrected chi connectivity index (χ4v) is 6.67. The van der Waals surface area contributed by atoms with Crippen LogP contribution in [0, 0.1) is 6.92 Å². The number of hydrogen-bond donors (Lipinski definition) is 1. The minimum Gasteiger partial charge on any atom is -0.439 e. The zero-order valence-corrected chi connectivity index (χ0v) is 26.2. The molecule has 1 atom stereocenters. The lowest BCUT2D eigenvalue weighted by Gasteiger charge is -2.33. The van der Waals surface area contributed by atoms with Gasteiger partial charge in [-0.1, -0.05) is 63.8 Å². The predicted molar refractivity (Wildman–Crippen MR) is 174 cm³/mol. The highest BCUT2D eigenvalue weighted by Crippen LogP contribution is 2.52. The number of cyclic esters (lactones) is 1. The maximum Gasteiger partial charge on any atom is 0.341 e. The maximum atomic E-state index is 13.6. The molecule has 0 saturated carbocycles. The fraction of sp³-hybridized carbons (Fsp3) is 0.417. The summed E-state index contributed by atoms with van der Waals surface area (Å²) in [5.74, 6) is -0.607. The molecule has 7 nitrogen and oxygen atoms in total. The molecule has 2 aromatic carbocycles. The third kappa shape index (κ3) is 5.53. The number of aromatic nitrogens is 2. The molecule has 7 heteroatoms. The summed E-state index contributed by atoms with van der Waals surface area (Å²) in [6, 6.07) is 18.0. The number of para-hydroxylation sites is 1. The first kappa shape index (κ1) is 30.3. The van der Waals surface area contributed by atoms with Crippen molar-refractivity contribution < 1.29 is 14.3 Å². The van der Waals surface area contributed by atoms with E-state index in [1.54, 1.807) is 18.3 Å². The van der Waals surface area contributed by atoms with Gasteiger partial charge in [-0.15, -0.1) is 0 Å². The van der Waals surface area contributed by atoms with Gasteiger partial charge in [-0.05, 0) is 57.0 Å². The van der Waals surface area contributed by atoms with Crippen LogP contribution < -0.4 is 10.2 Å². The molecule has 0 fully saturated rings. The molecule has 0 radical (unpaired) electrons. The van der Waals surface area contributed by atoms with Gasteiger partial charge >= 0.3 is 5.97 Å². The van der Waals surface area contributed by atoms with Crippen molar-refractivity contribution in [3.63, 3.8) is 0 Å². The van der Waals surface area contributed by atoms with E-state index in [9.17, 15) is 9.59 Å². The Bertz CT molecular complexity index is 1610. The van der Waals surface area contributed by atoms with Crippen LogP contribution in [0.15, 0.2) is 60.8 Å². The van der Waals surface area contributed by atoms with Gasteiger partial charge in [0.1, 0.15) is 5.69 Å². The lowest BCUT2D eigenvalue weighted by Crippen LogP contribution is -2.33. The number of fused-ring (bicyclic) bond motifs is 2. The Kier molecular flexibility index (Phi) is 9.19. The van der Waals surface area contributed by atoms with Gasteiger partial charge in [0, 0.05) is 66.2 Å². The molecule has 0 saturated heterocycles. The van der Waals surface area contributed by atoms with E-state index in [-0.39, 0.29) is 5.91 Å². The van der Waals surface area contributed by atoms with Crippen LogP contribution in [0.2, 0.25) is 0 Å². The Labute approximate surface area is 255 Å². The van der Waals surface area contributed by atoms with Gasteiger partial charge in [-0.2, -0.15) is 0 Å². The molecule has 43 heavy (non-hydrogen) atoms. The normalized spacial score (nSPS) is 15.9. The van der Waals surface area contributed by atoms with E-state index in [0.717, 1.165) is 73.2 Å². The molecule has 1 aliphatic rings. The van der Waals surface area contributed by atoms with Crippen LogP contribution in [0.3, 0.4) is 0 Å². The zero-order valence-electron chi connectivity index (χ0n) is 26.2. The quantitative estimate of drug-likeness (QED) is 0.128. The molecule has 0 bridgehead atoms. The summed E-state index contributed by atoms with van der Waals surface area (Å²) in [6.07, 6.45) is 8.57. The van der Waals surface area contributed by atoms with Crippen molar-refractivity contribution in [2.75, 3.05) is 23.3 Å². The number of amides is 1. The van der Waals surface area contributed by atoms with Gasteiger partial charge in [0.25, 0.3) is 0 Å². The monoisotopic (exact) mass is 580 g/mol. The van der Waals surface area contributed by atoms with E-state index in [1.807, 2.05) is 18.2 Å². The molecular formula is C36H44N4O3. The molecule has 226 valence electrons. The molecule has 1 N–H and O–H groups in total. The van der Waals surface area contributed by atoms with E-state index < -0.39 is 11.6 Å². The first-order valence-corrected chi connectivity index (χ1v) is 15.8. The second-order valence-corrected chi connectivity index (χ2v) is 11.5. The summed E-state index contributed by atoms with van der Waals surface area (Å²) in [4.78, 5) is 33.5. The largest absolute Gasteiger partial charge is 0.439 e. The summed E-state index contributed by atoms with van der Waals surface area (Å²) >= 11 is 0. The maximum absolute atomic E-state index is 13.6. The number of hydrogen-bond acceptors (Lipinski definition) is 5. The highest BCUT2D eigenvalue weighted by atomic mass is 16.6. The Balaban J connectivity index is 1.77. The minimum absolute atomic E-state index is 0.185. The van der Waals surface area contributed by atoms with Gasteiger partial charge in [-0.3, -0.25) is 9.78 Å². The number of unbranched alkanes of at least 4 members (excludes halogenated alkanes) is 4. The summed E-state index contributed by atoms with van der Waals surface area (Å²) in [7, 11) is 0. The number of nitrogens with one attached hydrogen (secondary N) is 1. The average molecular weight is 581 g/mol. The number of benzene rings is 2. The van der Waals surface area contributed by atoms with E-state index in [0.29, 0.717) is 22.5 Å². The number of anilines is 2. The van der Waals surface area contributed by atoms with Crippen LogP contribution >= 0.6 is 0 Å². The Morgan fingerprint density at radius 3 is 2.37 bits per heavy atom. The van der Waals surface area contributed by atoms with Gasteiger partial charge < -0.3 is 19.5 Å². The Hall–Kier alpha value is -4.13. The molecule has 0 aliphatic carbocycles. The second kappa shape index (κ2) is 13.0. The first-order chi connectivity index (χ1) is 20.9. The number of esters is 1. The molecule has 2 aromatic heterocycles. The molecular weight excluding hydrogens is 536 g/mol. The van der Waals surface area contributed by atoms with Crippen molar-refractivity contribution in [3.8, 4) is 0 Å². The van der Waals surface area contributed by atoms with Crippen molar-refractivity contribution in [2.45, 2.75) is 85.3 Å². The number of aryl methyl sites for hydroxylation is 1. The standard InChI is InChI=1S/C36H44N4O3/c1-6-9-13-22-39(23-14-10-7-2)27-19-20-30(31(24-27)38-26(5)41)36(34-29(35(42)43-36)17-15-21-37-34)33-25(4)40(8-3)32-18-12-11-16-28(32)33/h11-12,15-21,24H,6-10,13-14,22-23H2,1-5H3,(H,38,41). The van der Waals surface area contributed by atoms with Crippen molar-refractivity contribution in [2.24, 2.45) is 0 Å². The molecule has 5 rings (SSSR count). The summed E-state index contributed by atoms with van der Waals surface area (Å²) in [5, 5.41) is 4.11. The van der Waals surface area contributed by atoms with Crippen LogP contribution in [0.1, 0.15) is 99.1 Å². The number of pyridine rings is 1. The van der Waals surface area contributed by atoms with Gasteiger partial charge in [0.05, 0.1) is 11.3 Å². The highest BCUT2D eigenvalue weighted by molar-refractivity contribution is 5.99. The van der Waals surface area contributed by atoms with Crippen molar-refractivity contribution in [3.05, 3.63) is 88.9 Å². The molecule has 1 amide bonds. The third-order valence-corrected chi connectivity index (χ3v) is 8.63. The average Bonchev–Trinajstić information content (AvgIpc) is 3.46. The number of carbonyl (C=O) groups excluding carboxylic acids is 2. The third-order valence-electron chi connectivity index (χ3n) is 8.63. The fourth-order valence-electron chi connectivity index (χ4n) is 6.67. The lowest BCUT2D eigenvalue weighted by atomic mass is 9.80. The van der Waals surface area contributed by atoms with E-state index >= 15 is 0 Å². The van der Waals surface area contributed by atoms with Crippen molar-refractivity contribution in [1.82, 2.24) is 9.55 Å². The van der Waals surface area contributed by atoms with Gasteiger partial charge in [-0.25, -0.2) is 4.79 Å². The van der Waals surface area contributed by atoms with Crippen LogP contribution in [-0.2, 0) is 21.7 Å². The molecule has 0 spiro atoms. The van der Waals surface area contributed by atoms with Gasteiger partial charge in [0.15, 0.2) is 0 Å². The summed E-state index contributed by atoms with van der Waals surface area (Å²) in [6.45, 7) is 12.8. The summed E-state index contributed by atoms with van der Waals surface area (Å²) < 4.78 is 8.79.